The van der Waals surface area contributed by atoms with Crippen LogP contribution in [0.1, 0.15) is 0 Å². The molecular formula is C12H17N5O8. The summed E-state index contributed by atoms with van der Waals surface area (Å²) in [5, 5.41) is 52.0. The number of rotatable bonds is 5. The molecule has 1 aliphatic rings. The predicted octanol–water partition coefficient (Wildman–Crippen LogP) is 0.000700. The summed E-state index contributed by atoms with van der Waals surface area (Å²) in [6.07, 6.45) is 0. The number of aromatic hydroxyl groups is 1. The number of hydrogen-bond acceptors (Lipinski definition) is 10. The van der Waals surface area contributed by atoms with Crippen LogP contribution in [0.4, 0.5) is 17.1 Å². The molecule has 0 unspecified atom stereocenters. The number of non-ortho nitro benzene ring substituents is 1. The second kappa shape index (κ2) is 9.41. The Morgan fingerprint density at radius 2 is 1.48 bits per heavy atom. The number of phenolic OH excluding ortho intramolecular Hbond substituents is 1. The zero-order valence-electron chi connectivity index (χ0n) is 13.0. The minimum Gasteiger partial charge on any atom is -0.497 e. The van der Waals surface area contributed by atoms with Gasteiger partial charge in [-0.2, -0.15) is 0 Å². The lowest BCUT2D eigenvalue weighted by atomic mass is 10.2. The Balaban J connectivity index is 0.000000293. The van der Waals surface area contributed by atoms with E-state index >= 15 is 0 Å². The Morgan fingerprint density at radius 3 is 1.84 bits per heavy atom. The summed E-state index contributed by atoms with van der Waals surface area (Å²) < 4.78 is 0. The molecule has 0 spiro atoms. The van der Waals surface area contributed by atoms with E-state index in [1.807, 2.05) is 0 Å². The van der Waals surface area contributed by atoms with Crippen LogP contribution in [-0.4, -0.2) is 69.2 Å². The molecule has 1 saturated heterocycles. The molecule has 1 aromatic rings. The van der Waals surface area contributed by atoms with Gasteiger partial charge in [-0.1, -0.05) is 0 Å². The second-order valence-electron chi connectivity index (χ2n) is 4.92. The minimum atomic E-state index is -1.21. The number of nitrogens with zero attached hydrogens (tertiary/aromatic N) is 4. The number of benzene rings is 1. The summed E-state index contributed by atoms with van der Waals surface area (Å²) >= 11 is 0. The lowest BCUT2D eigenvalue weighted by Crippen LogP contribution is -2.44. The van der Waals surface area contributed by atoms with Gasteiger partial charge in [-0.05, 0) is 0 Å². The standard InChI is InChI=1S/C6H3N3O7.C6H14N2O/c10-6-4(8(13)14)1-3(7(11)12)2-5(6)9(15)16;9-6-5-8-3-1-7-2-4-8/h1-2,10H;7,9H,1-6H2. The van der Waals surface area contributed by atoms with Gasteiger partial charge in [-0.25, -0.2) is 0 Å². The van der Waals surface area contributed by atoms with Crippen molar-refractivity contribution >= 4 is 17.1 Å². The Kier molecular flexibility index (Phi) is 7.58. The summed E-state index contributed by atoms with van der Waals surface area (Å²) in [6, 6.07) is 0.894. The largest absolute Gasteiger partial charge is 0.497 e. The van der Waals surface area contributed by atoms with Gasteiger partial charge in [0.1, 0.15) is 0 Å². The lowest BCUT2D eigenvalue weighted by molar-refractivity contribution is -0.404. The van der Waals surface area contributed by atoms with E-state index in [1.165, 1.54) is 0 Å². The van der Waals surface area contributed by atoms with Crippen LogP contribution in [0.5, 0.6) is 5.75 Å². The number of aliphatic hydroxyl groups excluding tert-OH is 1. The molecule has 0 radical (unpaired) electrons. The van der Waals surface area contributed by atoms with Gasteiger partial charge in [-0.15, -0.1) is 0 Å². The zero-order valence-corrected chi connectivity index (χ0v) is 13.0. The van der Waals surface area contributed by atoms with Crippen LogP contribution in [0.25, 0.3) is 0 Å². The van der Waals surface area contributed by atoms with Crippen molar-refractivity contribution in [3.63, 3.8) is 0 Å². The fourth-order valence-electron chi connectivity index (χ4n) is 2.05. The number of piperazine rings is 1. The minimum absolute atomic E-state index is 0.292. The summed E-state index contributed by atoms with van der Waals surface area (Å²) in [7, 11) is 0. The maximum Gasteiger partial charge on any atom is 0.324 e. The molecule has 1 heterocycles. The fourth-order valence-corrected chi connectivity index (χ4v) is 2.05. The first-order valence-corrected chi connectivity index (χ1v) is 7.12. The first kappa shape index (κ1) is 20.1. The molecule has 0 amide bonds. The monoisotopic (exact) mass is 359 g/mol. The quantitative estimate of drug-likeness (QED) is 0.477. The first-order valence-electron chi connectivity index (χ1n) is 7.12. The lowest BCUT2D eigenvalue weighted by Gasteiger charge is -2.25. The Labute approximate surface area is 140 Å². The van der Waals surface area contributed by atoms with Crippen LogP contribution >= 0.6 is 0 Å². The smallest absolute Gasteiger partial charge is 0.324 e. The van der Waals surface area contributed by atoms with Crippen molar-refractivity contribution in [2.24, 2.45) is 0 Å². The molecule has 1 aromatic carbocycles. The van der Waals surface area contributed by atoms with Crippen LogP contribution in [0.15, 0.2) is 12.1 Å². The van der Waals surface area contributed by atoms with Crippen molar-refractivity contribution in [1.82, 2.24) is 10.2 Å². The van der Waals surface area contributed by atoms with Crippen molar-refractivity contribution in [2.75, 3.05) is 39.3 Å². The number of phenols is 1. The van der Waals surface area contributed by atoms with Gasteiger partial charge >= 0.3 is 11.4 Å². The van der Waals surface area contributed by atoms with Crippen LogP contribution in [0.2, 0.25) is 0 Å². The highest BCUT2D eigenvalue weighted by atomic mass is 16.6. The zero-order chi connectivity index (χ0) is 19.0. The molecule has 2 rings (SSSR count). The molecule has 1 aliphatic heterocycles. The topological polar surface area (TPSA) is 185 Å². The molecule has 0 saturated carbocycles. The number of hydrogen-bond donors (Lipinski definition) is 3. The van der Waals surface area contributed by atoms with Gasteiger partial charge in [0.05, 0.1) is 33.5 Å². The molecule has 138 valence electrons. The van der Waals surface area contributed by atoms with E-state index in [4.69, 9.17) is 10.2 Å². The third-order valence-electron chi connectivity index (χ3n) is 3.28. The number of nitrogens with one attached hydrogen (secondary N) is 1. The molecule has 13 heteroatoms. The molecular weight excluding hydrogens is 342 g/mol. The normalized spacial score (nSPS) is 14.3. The van der Waals surface area contributed by atoms with Gasteiger partial charge in [0.2, 0.25) is 0 Å². The number of nitro groups is 3. The molecule has 0 aliphatic carbocycles. The maximum atomic E-state index is 10.4. The van der Waals surface area contributed by atoms with Crippen molar-refractivity contribution in [3.8, 4) is 5.75 Å². The molecule has 0 bridgehead atoms. The van der Waals surface area contributed by atoms with Gasteiger partial charge in [0, 0.05) is 32.7 Å². The Hall–Kier alpha value is -2.90. The van der Waals surface area contributed by atoms with Crippen molar-refractivity contribution < 1.29 is 25.0 Å². The Morgan fingerprint density at radius 1 is 1.00 bits per heavy atom. The molecule has 13 nitrogen and oxygen atoms in total. The van der Waals surface area contributed by atoms with Crippen LogP contribution in [0.3, 0.4) is 0 Å². The first-order chi connectivity index (χ1) is 11.8. The number of β-amino-alcohol motifs (C(OH)–C–C–N with tert-alkyl or cyclic N) is 1. The van der Waals surface area contributed by atoms with E-state index in [0.717, 1.165) is 32.7 Å². The molecule has 1 fully saturated rings. The van der Waals surface area contributed by atoms with Crippen LogP contribution in [0, 0.1) is 30.3 Å². The molecule has 25 heavy (non-hydrogen) atoms. The highest BCUT2D eigenvalue weighted by Gasteiger charge is 2.30. The average Bonchev–Trinajstić information content (AvgIpc) is 2.56. The van der Waals surface area contributed by atoms with E-state index in [0.29, 0.717) is 18.7 Å². The average molecular weight is 359 g/mol. The van der Waals surface area contributed by atoms with Gasteiger partial charge < -0.3 is 15.5 Å². The van der Waals surface area contributed by atoms with Crippen LogP contribution < -0.4 is 5.32 Å². The van der Waals surface area contributed by atoms with Gasteiger partial charge in [-0.3, -0.25) is 35.2 Å². The number of aliphatic hydroxyl groups is 1. The Bertz CT molecular complexity index is 609. The summed E-state index contributed by atoms with van der Waals surface area (Å²) in [6.45, 7) is 5.43. The van der Waals surface area contributed by atoms with Crippen LogP contribution in [-0.2, 0) is 0 Å². The summed E-state index contributed by atoms with van der Waals surface area (Å²) in [4.78, 5) is 30.0. The summed E-state index contributed by atoms with van der Waals surface area (Å²) in [5.74, 6) is -1.21. The van der Waals surface area contributed by atoms with E-state index in [2.05, 4.69) is 10.2 Å². The SMILES string of the molecule is O=[N+]([O-])c1cc([N+](=O)[O-])c(O)c([N+](=O)[O-])c1.OCCN1CCNCC1. The van der Waals surface area contributed by atoms with Crippen molar-refractivity contribution in [2.45, 2.75) is 0 Å². The number of nitro benzene ring substituents is 3. The fraction of sp³-hybridized carbons (Fsp3) is 0.500. The third-order valence-corrected chi connectivity index (χ3v) is 3.28. The molecule has 3 N–H and O–H groups in total. The maximum absolute atomic E-state index is 10.4. The third kappa shape index (κ3) is 5.91. The van der Waals surface area contributed by atoms with E-state index in [9.17, 15) is 30.3 Å². The van der Waals surface area contributed by atoms with E-state index < -0.39 is 37.6 Å². The highest BCUT2D eigenvalue weighted by molar-refractivity contribution is 5.64. The molecule has 0 atom stereocenters. The van der Waals surface area contributed by atoms with E-state index in [-0.39, 0.29) is 0 Å². The van der Waals surface area contributed by atoms with E-state index in [1.54, 1.807) is 0 Å². The molecule has 0 aromatic heterocycles. The van der Waals surface area contributed by atoms with Gasteiger partial charge in [0.25, 0.3) is 11.4 Å². The highest BCUT2D eigenvalue weighted by Crippen LogP contribution is 2.38. The van der Waals surface area contributed by atoms with Crippen molar-refractivity contribution in [3.05, 3.63) is 42.5 Å². The van der Waals surface area contributed by atoms with Crippen molar-refractivity contribution in [1.29, 1.82) is 0 Å². The van der Waals surface area contributed by atoms with Gasteiger partial charge in [0.15, 0.2) is 0 Å². The summed E-state index contributed by atoms with van der Waals surface area (Å²) in [5.41, 5.74) is -3.00. The second-order valence-corrected chi connectivity index (χ2v) is 4.92. The predicted molar refractivity (Wildman–Crippen MR) is 84.5 cm³/mol.